The van der Waals surface area contributed by atoms with Gasteiger partial charge < -0.3 is 15.2 Å². The molecule has 2 N–H and O–H groups in total. The van der Waals surface area contributed by atoms with Gasteiger partial charge in [0.05, 0.1) is 4.90 Å². The van der Waals surface area contributed by atoms with E-state index in [0.717, 1.165) is 0 Å². The Morgan fingerprint density at radius 3 is 2.31 bits per heavy atom. The van der Waals surface area contributed by atoms with Gasteiger partial charge in [-0.3, -0.25) is 9.59 Å². The SMILES string of the molecule is CC(C)(C)C(Oc1ccc(Cl)cc1/C=C1\CNC(=O)CN(S(=O)(=O)c2ccc(Cl)cc2)C1=O)C(=O)O. The number of hydrogen-bond acceptors (Lipinski definition) is 6. The van der Waals surface area contributed by atoms with Crippen molar-refractivity contribution in [3.63, 3.8) is 0 Å². The van der Waals surface area contributed by atoms with Crippen molar-refractivity contribution < 1.29 is 32.6 Å². The van der Waals surface area contributed by atoms with Crippen LogP contribution in [0.5, 0.6) is 5.75 Å². The minimum Gasteiger partial charge on any atom is -0.478 e. The van der Waals surface area contributed by atoms with E-state index in [4.69, 9.17) is 27.9 Å². The third kappa shape index (κ3) is 6.18. The van der Waals surface area contributed by atoms with Gasteiger partial charge in [-0.2, -0.15) is 0 Å². The number of amides is 2. The van der Waals surface area contributed by atoms with E-state index in [1.807, 2.05) is 0 Å². The van der Waals surface area contributed by atoms with E-state index in [-0.39, 0.29) is 33.3 Å². The van der Waals surface area contributed by atoms with Gasteiger partial charge in [0.1, 0.15) is 12.3 Å². The molecule has 2 aromatic rings. The second-order valence-corrected chi connectivity index (χ2v) is 11.8. The Labute approximate surface area is 218 Å². The maximum absolute atomic E-state index is 13.4. The minimum absolute atomic E-state index is 0.0758. The highest BCUT2D eigenvalue weighted by Crippen LogP contribution is 2.31. The van der Waals surface area contributed by atoms with Crippen LogP contribution in [0.1, 0.15) is 26.3 Å². The molecule has 0 bridgehead atoms. The first-order chi connectivity index (χ1) is 16.7. The van der Waals surface area contributed by atoms with E-state index in [2.05, 4.69) is 5.32 Å². The van der Waals surface area contributed by atoms with Crippen LogP contribution in [-0.2, 0) is 24.4 Å². The number of ether oxygens (including phenoxy) is 1. The molecule has 1 fully saturated rings. The lowest BCUT2D eigenvalue weighted by molar-refractivity contribution is -0.150. The molecule has 36 heavy (non-hydrogen) atoms. The van der Waals surface area contributed by atoms with E-state index in [9.17, 15) is 27.9 Å². The summed E-state index contributed by atoms with van der Waals surface area (Å²) in [6, 6.07) is 9.59. The molecule has 0 aliphatic carbocycles. The fourth-order valence-corrected chi connectivity index (χ4v) is 5.04. The highest BCUT2D eigenvalue weighted by atomic mass is 35.5. The topological polar surface area (TPSA) is 130 Å². The largest absolute Gasteiger partial charge is 0.478 e. The van der Waals surface area contributed by atoms with Crippen LogP contribution < -0.4 is 10.1 Å². The zero-order chi connectivity index (χ0) is 26.8. The van der Waals surface area contributed by atoms with Crippen molar-refractivity contribution in [2.75, 3.05) is 13.1 Å². The highest BCUT2D eigenvalue weighted by Gasteiger charge is 2.36. The van der Waals surface area contributed by atoms with Crippen molar-refractivity contribution in [2.45, 2.75) is 31.8 Å². The highest BCUT2D eigenvalue weighted by molar-refractivity contribution is 7.89. The number of nitrogens with one attached hydrogen (secondary N) is 1. The number of halogens is 2. The fourth-order valence-electron chi connectivity index (χ4n) is 3.38. The average molecular weight is 555 g/mol. The van der Waals surface area contributed by atoms with Crippen LogP contribution in [0.3, 0.4) is 0 Å². The average Bonchev–Trinajstić information content (AvgIpc) is 2.91. The van der Waals surface area contributed by atoms with Crippen LogP contribution in [-0.4, -0.2) is 54.8 Å². The lowest BCUT2D eigenvalue weighted by Crippen LogP contribution is -2.40. The third-order valence-electron chi connectivity index (χ3n) is 5.22. The van der Waals surface area contributed by atoms with Crippen molar-refractivity contribution in [1.82, 2.24) is 9.62 Å². The maximum Gasteiger partial charge on any atom is 0.345 e. The number of carboxylic acid groups (broad SMARTS) is 1. The molecule has 192 valence electrons. The monoisotopic (exact) mass is 554 g/mol. The quantitative estimate of drug-likeness (QED) is 0.521. The summed E-state index contributed by atoms with van der Waals surface area (Å²) in [7, 11) is -4.39. The molecule has 0 saturated carbocycles. The number of carboxylic acids is 1. The summed E-state index contributed by atoms with van der Waals surface area (Å²) < 4.78 is 32.7. The van der Waals surface area contributed by atoms with Crippen molar-refractivity contribution in [3.05, 3.63) is 63.6 Å². The van der Waals surface area contributed by atoms with Gasteiger partial charge in [-0.25, -0.2) is 17.5 Å². The van der Waals surface area contributed by atoms with Crippen molar-refractivity contribution in [2.24, 2.45) is 5.41 Å². The number of rotatable bonds is 6. The van der Waals surface area contributed by atoms with Gasteiger partial charge in [0, 0.05) is 33.1 Å². The Kier molecular flexibility index (Phi) is 8.02. The predicted octanol–water partition coefficient (Wildman–Crippen LogP) is 3.60. The first-order valence-electron chi connectivity index (χ1n) is 10.7. The van der Waals surface area contributed by atoms with Gasteiger partial charge in [0.15, 0.2) is 6.10 Å². The summed E-state index contributed by atoms with van der Waals surface area (Å²) in [4.78, 5) is 37.3. The van der Waals surface area contributed by atoms with Crippen LogP contribution >= 0.6 is 23.2 Å². The van der Waals surface area contributed by atoms with Crippen molar-refractivity contribution >= 4 is 57.1 Å². The van der Waals surface area contributed by atoms with Crippen LogP contribution in [0.25, 0.3) is 6.08 Å². The Morgan fingerprint density at radius 1 is 1.11 bits per heavy atom. The number of carbonyl (C=O) groups excluding carboxylic acids is 2. The Balaban J connectivity index is 2.06. The zero-order valence-corrected chi connectivity index (χ0v) is 21.9. The lowest BCUT2D eigenvalue weighted by atomic mass is 9.89. The molecular weight excluding hydrogens is 531 g/mol. The molecular formula is C24H24Cl2N2O7S. The summed E-state index contributed by atoms with van der Waals surface area (Å²) >= 11 is 12.0. The van der Waals surface area contributed by atoms with Gasteiger partial charge in [0.25, 0.3) is 15.9 Å². The zero-order valence-electron chi connectivity index (χ0n) is 19.6. The number of benzene rings is 2. The number of sulfonamides is 1. The standard InChI is InChI=1S/C24H24Cl2N2O7S/c1-24(2,3)21(23(31)32)35-19-9-6-17(26)11-14(19)10-15-12-27-20(29)13-28(22(15)30)36(33,34)18-7-4-16(25)5-8-18/h4-11,21H,12-13H2,1-3H3,(H,27,29)(H,31,32)/b15-10+. The second-order valence-electron chi connectivity index (χ2n) is 9.10. The molecule has 12 heteroatoms. The van der Waals surface area contributed by atoms with Crippen LogP contribution in [0.4, 0.5) is 0 Å². The first-order valence-corrected chi connectivity index (χ1v) is 12.9. The van der Waals surface area contributed by atoms with E-state index < -0.39 is 45.9 Å². The summed E-state index contributed by atoms with van der Waals surface area (Å²) in [6.07, 6.45) is 0.0864. The maximum atomic E-state index is 13.4. The Hall–Kier alpha value is -3.08. The van der Waals surface area contributed by atoms with Crippen molar-refractivity contribution in [3.8, 4) is 5.75 Å². The first kappa shape index (κ1) is 27.5. The molecule has 0 aromatic heterocycles. The predicted molar refractivity (Wildman–Crippen MR) is 134 cm³/mol. The number of carbonyl (C=O) groups is 3. The second kappa shape index (κ2) is 10.5. The molecule has 0 radical (unpaired) electrons. The number of hydrogen-bond donors (Lipinski definition) is 2. The normalized spacial score (nSPS) is 16.9. The van der Waals surface area contributed by atoms with Gasteiger partial charge in [0.2, 0.25) is 5.91 Å². The molecule has 1 atom stereocenters. The molecule has 1 heterocycles. The summed E-state index contributed by atoms with van der Waals surface area (Å²) in [5, 5.41) is 12.7. The molecule has 2 amide bonds. The van der Waals surface area contributed by atoms with Crippen LogP contribution in [0.2, 0.25) is 10.0 Å². The molecule has 9 nitrogen and oxygen atoms in total. The van der Waals surface area contributed by atoms with E-state index >= 15 is 0 Å². The Morgan fingerprint density at radius 2 is 1.72 bits per heavy atom. The number of nitrogens with zero attached hydrogens (tertiary/aromatic N) is 1. The van der Waals surface area contributed by atoms with Crippen LogP contribution in [0.15, 0.2) is 52.9 Å². The molecule has 1 aliphatic rings. The molecule has 0 spiro atoms. The van der Waals surface area contributed by atoms with Gasteiger partial charge in [-0.1, -0.05) is 44.0 Å². The third-order valence-corrected chi connectivity index (χ3v) is 7.45. The molecule has 2 aromatic carbocycles. The van der Waals surface area contributed by atoms with Crippen LogP contribution in [0, 0.1) is 5.41 Å². The molecule has 3 rings (SSSR count). The van der Waals surface area contributed by atoms with Gasteiger partial charge >= 0.3 is 5.97 Å². The number of aliphatic carboxylic acids is 1. The van der Waals surface area contributed by atoms with Crippen molar-refractivity contribution in [1.29, 1.82) is 0 Å². The smallest absolute Gasteiger partial charge is 0.345 e. The van der Waals surface area contributed by atoms with Gasteiger partial charge in [-0.15, -0.1) is 0 Å². The van der Waals surface area contributed by atoms with Gasteiger partial charge in [-0.05, 0) is 48.5 Å². The summed E-state index contributed by atoms with van der Waals surface area (Å²) in [5.41, 5.74) is -0.611. The van der Waals surface area contributed by atoms with E-state index in [1.165, 1.54) is 48.5 Å². The van der Waals surface area contributed by atoms with E-state index in [0.29, 0.717) is 9.33 Å². The summed E-state index contributed by atoms with van der Waals surface area (Å²) in [6.45, 7) is 4.11. The molecule has 1 saturated heterocycles. The summed E-state index contributed by atoms with van der Waals surface area (Å²) in [5.74, 6) is -2.68. The molecule has 1 unspecified atom stereocenters. The lowest BCUT2D eigenvalue weighted by Gasteiger charge is -2.28. The van der Waals surface area contributed by atoms with E-state index in [1.54, 1.807) is 20.8 Å². The minimum atomic E-state index is -4.39. The molecule has 1 aliphatic heterocycles. The fraction of sp³-hybridized carbons (Fsp3) is 0.292. The Bertz CT molecular complexity index is 1330.